The fraction of sp³-hybridized carbons (Fsp3) is 0.745. The van der Waals surface area contributed by atoms with Gasteiger partial charge < -0.3 is 19.8 Å². The predicted molar refractivity (Wildman–Crippen MR) is 258 cm³/mol. The van der Waals surface area contributed by atoms with Gasteiger partial charge in [0.2, 0.25) is 5.91 Å². The second-order valence-electron chi connectivity index (χ2n) is 17.5. The molecule has 3 unspecified atom stereocenters. The zero-order chi connectivity index (χ0) is 44.3. The lowest BCUT2D eigenvalue weighted by molar-refractivity contribution is -0.870. The van der Waals surface area contributed by atoms with Gasteiger partial charge in [0.15, 0.2) is 0 Å². The molecule has 0 aliphatic rings. The third-order valence-electron chi connectivity index (χ3n) is 10.4. The number of aliphatic hydroxyl groups is 1. The van der Waals surface area contributed by atoms with Crippen LogP contribution in [0, 0.1) is 0 Å². The Balaban J connectivity index is 4.32. The van der Waals surface area contributed by atoms with Gasteiger partial charge in [-0.05, 0) is 83.5 Å². The van der Waals surface area contributed by atoms with E-state index in [-0.39, 0.29) is 19.1 Å². The summed E-state index contributed by atoms with van der Waals surface area (Å²) in [4.78, 5) is 23.1. The monoisotopic (exact) mass is 862 g/mol. The van der Waals surface area contributed by atoms with Crippen LogP contribution in [0.1, 0.15) is 194 Å². The maximum absolute atomic E-state index is 12.9. The van der Waals surface area contributed by atoms with E-state index < -0.39 is 20.0 Å². The Morgan fingerprint density at radius 3 is 1.48 bits per heavy atom. The summed E-state index contributed by atoms with van der Waals surface area (Å²) in [6, 6.07) is -0.874. The van der Waals surface area contributed by atoms with Crippen molar-refractivity contribution in [3.8, 4) is 0 Å². The largest absolute Gasteiger partial charge is 0.472 e. The van der Waals surface area contributed by atoms with E-state index in [2.05, 4.69) is 79.9 Å². The van der Waals surface area contributed by atoms with Gasteiger partial charge in [-0.25, -0.2) is 4.57 Å². The van der Waals surface area contributed by atoms with Crippen molar-refractivity contribution < 1.29 is 32.9 Å². The molecule has 1 amide bonds. The first-order chi connectivity index (χ1) is 29.0. The lowest BCUT2D eigenvalue weighted by Gasteiger charge is -2.25. The van der Waals surface area contributed by atoms with Crippen LogP contribution in [0.2, 0.25) is 0 Å². The molecule has 0 saturated carbocycles. The maximum atomic E-state index is 12.9. The molecular weight excluding hydrogens is 768 g/mol. The van der Waals surface area contributed by atoms with Crippen molar-refractivity contribution in [2.45, 2.75) is 206 Å². The Morgan fingerprint density at radius 1 is 0.567 bits per heavy atom. The fourth-order valence-electron chi connectivity index (χ4n) is 6.49. The number of phosphoric ester groups is 1. The van der Waals surface area contributed by atoms with Gasteiger partial charge in [0.05, 0.1) is 39.9 Å². The summed E-state index contributed by atoms with van der Waals surface area (Å²) in [6.45, 7) is 4.72. The molecule has 0 heterocycles. The van der Waals surface area contributed by atoms with Crippen LogP contribution < -0.4 is 5.32 Å². The van der Waals surface area contributed by atoms with Crippen molar-refractivity contribution in [2.24, 2.45) is 0 Å². The first-order valence-electron chi connectivity index (χ1n) is 24.3. The van der Waals surface area contributed by atoms with Crippen molar-refractivity contribution in [1.82, 2.24) is 5.32 Å². The van der Waals surface area contributed by atoms with Crippen LogP contribution >= 0.6 is 7.82 Å². The number of allylic oxidation sites excluding steroid dienone is 11. The number of unbranched alkanes of at least 4 members (excludes halogenated alkanes) is 20. The molecule has 0 rings (SSSR count). The van der Waals surface area contributed by atoms with Gasteiger partial charge in [0.25, 0.3) is 0 Å². The summed E-state index contributed by atoms with van der Waals surface area (Å²) in [7, 11) is 1.53. The molecule has 0 bridgehead atoms. The third-order valence-corrected chi connectivity index (χ3v) is 11.4. The first kappa shape index (κ1) is 57.9. The lowest BCUT2D eigenvalue weighted by atomic mass is 10.0. The molecular formula is C51H94N2O6P+. The summed E-state index contributed by atoms with van der Waals surface area (Å²) in [5.41, 5.74) is 0. The second kappa shape index (κ2) is 42.3. The Morgan fingerprint density at radius 2 is 0.967 bits per heavy atom. The molecule has 8 nitrogen and oxygen atoms in total. The molecule has 3 N–H and O–H groups in total. The number of carbonyl (C=O) groups is 1. The number of rotatable bonds is 43. The highest BCUT2D eigenvalue weighted by molar-refractivity contribution is 7.47. The van der Waals surface area contributed by atoms with Crippen LogP contribution in [0.15, 0.2) is 72.9 Å². The molecule has 0 aromatic carbocycles. The highest BCUT2D eigenvalue weighted by Gasteiger charge is 2.27. The van der Waals surface area contributed by atoms with Crippen LogP contribution in [-0.4, -0.2) is 73.4 Å². The lowest BCUT2D eigenvalue weighted by Crippen LogP contribution is -2.45. The average Bonchev–Trinajstić information content (AvgIpc) is 3.20. The number of likely N-dealkylation sites (N-methyl/N-ethyl adjacent to an activating group) is 1. The summed E-state index contributed by atoms with van der Waals surface area (Å²) in [5.74, 6) is -0.199. The van der Waals surface area contributed by atoms with Crippen molar-refractivity contribution in [1.29, 1.82) is 0 Å². The van der Waals surface area contributed by atoms with Gasteiger partial charge in [-0.15, -0.1) is 0 Å². The molecule has 0 aliphatic carbocycles. The minimum atomic E-state index is -4.35. The fourth-order valence-corrected chi connectivity index (χ4v) is 7.23. The summed E-state index contributed by atoms with van der Waals surface area (Å²) in [6.07, 6.45) is 57.0. The van der Waals surface area contributed by atoms with E-state index in [0.29, 0.717) is 17.4 Å². The minimum Gasteiger partial charge on any atom is -0.387 e. The van der Waals surface area contributed by atoms with E-state index in [1.54, 1.807) is 6.08 Å². The number of aliphatic hydroxyl groups excluding tert-OH is 1. The maximum Gasteiger partial charge on any atom is 0.472 e. The highest BCUT2D eigenvalue weighted by atomic mass is 31.2. The van der Waals surface area contributed by atoms with Crippen LogP contribution in [0.4, 0.5) is 0 Å². The molecule has 3 atom stereocenters. The molecule has 0 aromatic rings. The smallest absolute Gasteiger partial charge is 0.387 e. The van der Waals surface area contributed by atoms with Crippen LogP contribution in [0.3, 0.4) is 0 Å². The van der Waals surface area contributed by atoms with Crippen molar-refractivity contribution in [2.75, 3.05) is 40.9 Å². The van der Waals surface area contributed by atoms with Crippen LogP contribution in [0.5, 0.6) is 0 Å². The third kappa shape index (κ3) is 44.0. The van der Waals surface area contributed by atoms with E-state index in [1.165, 1.54) is 109 Å². The van der Waals surface area contributed by atoms with Crippen molar-refractivity contribution >= 4 is 13.7 Å². The second-order valence-corrected chi connectivity index (χ2v) is 18.9. The van der Waals surface area contributed by atoms with E-state index in [9.17, 15) is 19.4 Å². The van der Waals surface area contributed by atoms with Crippen molar-refractivity contribution in [3.05, 3.63) is 72.9 Å². The first-order valence-corrected chi connectivity index (χ1v) is 25.8. The van der Waals surface area contributed by atoms with Gasteiger partial charge >= 0.3 is 7.82 Å². The molecule has 0 aromatic heterocycles. The molecule has 0 fully saturated rings. The molecule has 0 aliphatic heterocycles. The van der Waals surface area contributed by atoms with Gasteiger partial charge in [-0.3, -0.25) is 13.8 Å². The Labute approximate surface area is 370 Å². The topological polar surface area (TPSA) is 105 Å². The average molecular weight is 862 g/mol. The van der Waals surface area contributed by atoms with E-state index in [0.717, 1.165) is 64.2 Å². The predicted octanol–water partition coefficient (Wildman–Crippen LogP) is 14.0. The van der Waals surface area contributed by atoms with Gasteiger partial charge in [0.1, 0.15) is 13.2 Å². The molecule has 0 spiro atoms. The molecule has 0 saturated heterocycles. The number of carbonyl (C=O) groups excluding carboxylic acids is 1. The number of nitrogens with zero attached hydrogens (tertiary/aromatic N) is 1. The molecule has 0 radical (unpaired) electrons. The van der Waals surface area contributed by atoms with E-state index in [1.807, 2.05) is 27.2 Å². The zero-order valence-electron chi connectivity index (χ0n) is 39.4. The SMILES string of the molecule is CCCCC/C=C/CC/C=C/CC/C=C/C(O)C(COP(=O)(O)OCC[N+](C)(C)C)NC(=O)CCCCCCCCCCCC/C=C\C/C=C\C/C=C\CCCCCCC. The number of amides is 1. The van der Waals surface area contributed by atoms with E-state index >= 15 is 0 Å². The number of quaternary nitrogens is 1. The van der Waals surface area contributed by atoms with Gasteiger partial charge in [0, 0.05) is 6.42 Å². The highest BCUT2D eigenvalue weighted by Crippen LogP contribution is 2.43. The van der Waals surface area contributed by atoms with Crippen LogP contribution in [-0.2, 0) is 18.4 Å². The Bertz CT molecular complexity index is 1200. The normalized spacial score (nSPS) is 14.8. The zero-order valence-corrected chi connectivity index (χ0v) is 40.3. The Hall–Kier alpha value is -2.06. The van der Waals surface area contributed by atoms with Gasteiger partial charge in [-0.1, -0.05) is 177 Å². The van der Waals surface area contributed by atoms with Crippen molar-refractivity contribution in [3.63, 3.8) is 0 Å². The summed E-state index contributed by atoms with van der Waals surface area (Å²) < 4.78 is 23.5. The molecule has 9 heteroatoms. The van der Waals surface area contributed by atoms with Gasteiger partial charge in [-0.2, -0.15) is 0 Å². The summed E-state index contributed by atoms with van der Waals surface area (Å²) in [5, 5.41) is 13.8. The van der Waals surface area contributed by atoms with E-state index in [4.69, 9.17) is 9.05 Å². The minimum absolute atomic E-state index is 0.0495. The quantitative estimate of drug-likeness (QED) is 0.0244. The Kier molecular flexibility index (Phi) is 40.8. The number of phosphoric acid groups is 1. The summed E-state index contributed by atoms with van der Waals surface area (Å²) >= 11 is 0. The number of hydrogen-bond donors (Lipinski definition) is 3. The van der Waals surface area contributed by atoms with Crippen LogP contribution in [0.25, 0.3) is 0 Å². The standard InChI is InChI=1S/C51H93N2O6P/c1-6-8-10-12-14-16-18-20-21-22-23-24-25-26-27-28-29-30-31-33-35-37-39-41-43-45-51(55)52-49(48-59-60(56,57)58-47-46-53(3,4)5)50(54)44-42-40-38-36-34-32-19-17-15-13-11-9-7-2/h15,17-18,20,22-23,25-26,34,36,42,44,49-50,54H,6-14,16,19,21,24,27-33,35,37-41,43,45-48H2,1-5H3,(H-,52,55,56,57)/p+1/b17-15+,20-18-,23-22-,26-25-,36-34+,44-42+. The number of hydrogen-bond acceptors (Lipinski definition) is 5. The molecule has 60 heavy (non-hydrogen) atoms. The number of nitrogens with one attached hydrogen (secondary N) is 1. The molecule has 348 valence electrons.